The van der Waals surface area contributed by atoms with Crippen molar-refractivity contribution in [2.75, 3.05) is 20.6 Å². The lowest BCUT2D eigenvalue weighted by Gasteiger charge is -2.10. The Bertz CT molecular complexity index is 340. The third-order valence-corrected chi connectivity index (χ3v) is 2.20. The van der Waals surface area contributed by atoms with E-state index in [1.807, 2.05) is 19.0 Å². The lowest BCUT2D eigenvalue weighted by molar-refractivity contribution is 0.392. The van der Waals surface area contributed by atoms with Crippen LogP contribution < -0.4 is 0 Å². The van der Waals surface area contributed by atoms with Crippen molar-refractivity contribution in [1.29, 1.82) is 0 Å². The average molecular weight is 215 g/mol. The second-order valence-corrected chi connectivity index (χ2v) is 3.77. The van der Waals surface area contributed by atoms with Gasteiger partial charge in [-0.25, -0.2) is 8.78 Å². The molecule has 0 bridgehead atoms. The molecule has 0 amide bonds. The summed E-state index contributed by atoms with van der Waals surface area (Å²) in [6, 6.07) is 2.11. The topological polar surface area (TPSA) is 23.5 Å². The molecule has 0 unspecified atom stereocenters. The van der Waals surface area contributed by atoms with Gasteiger partial charge in [0, 0.05) is 5.56 Å². The maximum absolute atomic E-state index is 13.3. The van der Waals surface area contributed by atoms with Gasteiger partial charge in [0.2, 0.25) is 0 Å². The normalized spacial score (nSPS) is 11.0. The molecule has 0 spiro atoms. The monoisotopic (exact) mass is 215 g/mol. The highest BCUT2D eigenvalue weighted by Crippen LogP contribution is 2.22. The number of phenols is 1. The smallest absolute Gasteiger partial charge is 0.170 e. The number of rotatable bonds is 4. The van der Waals surface area contributed by atoms with E-state index >= 15 is 0 Å². The Balaban J connectivity index is 2.71. The van der Waals surface area contributed by atoms with Crippen molar-refractivity contribution in [2.45, 2.75) is 12.8 Å². The van der Waals surface area contributed by atoms with E-state index in [1.54, 1.807) is 0 Å². The zero-order valence-corrected chi connectivity index (χ0v) is 8.93. The van der Waals surface area contributed by atoms with E-state index in [9.17, 15) is 8.78 Å². The van der Waals surface area contributed by atoms with Crippen molar-refractivity contribution in [3.8, 4) is 5.75 Å². The van der Waals surface area contributed by atoms with E-state index in [-0.39, 0.29) is 5.56 Å². The van der Waals surface area contributed by atoms with Crippen LogP contribution in [0.5, 0.6) is 5.75 Å². The molecule has 15 heavy (non-hydrogen) atoms. The van der Waals surface area contributed by atoms with Crippen molar-refractivity contribution >= 4 is 0 Å². The molecule has 2 nitrogen and oxygen atoms in total. The first-order valence-electron chi connectivity index (χ1n) is 4.83. The Morgan fingerprint density at radius 3 is 2.53 bits per heavy atom. The summed E-state index contributed by atoms with van der Waals surface area (Å²) in [5, 5.41) is 9.08. The van der Waals surface area contributed by atoms with Crippen LogP contribution in [0.4, 0.5) is 8.78 Å². The molecule has 1 N–H and O–H groups in total. The van der Waals surface area contributed by atoms with Crippen LogP contribution in [0.2, 0.25) is 0 Å². The van der Waals surface area contributed by atoms with Crippen LogP contribution in [-0.2, 0) is 6.42 Å². The Morgan fingerprint density at radius 1 is 1.27 bits per heavy atom. The highest BCUT2D eigenvalue weighted by atomic mass is 19.1. The van der Waals surface area contributed by atoms with Crippen LogP contribution in [0, 0.1) is 11.6 Å². The molecular weight excluding hydrogens is 200 g/mol. The maximum atomic E-state index is 13.3. The zero-order valence-electron chi connectivity index (χ0n) is 8.93. The third-order valence-electron chi connectivity index (χ3n) is 2.20. The van der Waals surface area contributed by atoms with Crippen molar-refractivity contribution in [1.82, 2.24) is 4.90 Å². The summed E-state index contributed by atoms with van der Waals surface area (Å²) in [5.41, 5.74) is -0.0307. The fourth-order valence-corrected chi connectivity index (χ4v) is 1.39. The number of hydrogen-bond donors (Lipinski definition) is 1. The molecule has 1 aromatic carbocycles. The fourth-order valence-electron chi connectivity index (χ4n) is 1.39. The Morgan fingerprint density at radius 2 is 1.93 bits per heavy atom. The second kappa shape index (κ2) is 5.07. The van der Waals surface area contributed by atoms with Gasteiger partial charge in [0.15, 0.2) is 11.6 Å². The van der Waals surface area contributed by atoms with E-state index in [2.05, 4.69) is 0 Å². The molecule has 0 radical (unpaired) electrons. The maximum Gasteiger partial charge on any atom is 0.170 e. The lowest BCUT2D eigenvalue weighted by atomic mass is 10.1. The molecule has 0 fully saturated rings. The SMILES string of the molecule is CN(C)CCCc1c(F)ccc(O)c1F. The van der Waals surface area contributed by atoms with Gasteiger partial charge in [-0.05, 0) is 45.6 Å². The van der Waals surface area contributed by atoms with E-state index in [4.69, 9.17) is 5.11 Å². The summed E-state index contributed by atoms with van der Waals surface area (Å²) in [7, 11) is 3.80. The number of hydrogen-bond acceptors (Lipinski definition) is 2. The Kier molecular flexibility index (Phi) is 4.03. The minimum atomic E-state index is -0.839. The molecule has 1 aromatic rings. The molecule has 1 rings (SSSR count). The van der Waals surface area contributed by atoms with Gasteiger partial charge in [0.1, 0.15) is 5.82 Å². The standard InChI is InChI=1S/C11H15F2NO/c1-14(2)7-3-4-8-9(12)5-6-10(15)11(8)13/h5-6,15H,3-4,7H2,1-2H3. The summed E-state index contributed by atoms with van der Waals surface area (Å²) in [4.78, 5) is 1.94. The highest BCUT2D eigenvalue weighted by Gasteiger charge is 2.12. The van der Waals surface area contributed by atoms with Crippen LogP contribution in [-0.4, -0.2) is 30.6 Å². The molecule has 4 heteroatoms. The minimum absolute atomic E-state index is 0.0307. The van der Waals surface area contributed by atoms with E-state index in [0.29, 0.717) is 12.8 Å². The summed E-state index contributed by atoms with van der Waals surface area (Å²) in [5.74, 6) is -1.92. The van der Waals surface area contributed by atoms with Crippen LogP contribution in [0.1, 0.15) is 12.0 Å². The van der Waals surface area contributed by atoms with E-state index < -0.39 is 17.4 Å². The lowest BCUT2D eigenvalue weighted by Crippen LogP contribution is -2.14. The molecule has 0 aliphatic heterocycles. The van der Waals surface area contributed by atoms with Crippen LogP contribution in [0.25, 0.3) is 0 Å². The highest BCUT2D eigenvalue weighted by molar-refractivity contribution is 5.31. The third kappa shape index (κ3) is 3.16. The summed E-state index contributed by atoms with van der Waals surface area (Å²) < 4.78 is 26.5. The number of aromatic hydroxyl groups is 1. The fraction of sp³-hybridized carbons (Fsp3) is 0.455. The van der Waals surface area contributed by atoms with E-state index in [0.717, 1.165) is 18.7 Å². The van der Waals surface area contributed by atoms with Crippen molar-refractivity contribution in [3.05, 3.63) is 29.3 Å². The first kappa shape index (κ1) is 11.9. The first-order valence-corrected chi connectivity index (χ1v) is 4.83. The number of nitrogens with zero attached hydrogens (tertiary/aromatic N) is 1. The van der Waals surface area contributed by atoms with Gasteiger partial charge in [-0.2, -0.15) is 0 Å². The zero-order chi connectivity index (χ0) is 11.4. The summed E-state index contributed by atoms with van der Waals surface area (Å²) >= 11 is 0. The van der Waals surface area contributed by atoms with Gasteiger partial charge in [0.05, 0.1) is 0 Å². The Hall–Kier alpha value is -1.16. The number of benzene rings is 1. The van der Waals surface area contributed by atoms with E-state index in [1.165, 1.54) is 0 Å². The van der Waals surface area contributed by atoms with Gasteiger partial charge in [-0.1, -0.05) is 0 Å². The predicted octanol–water partition coefficient (Wildman–Crippen LogP) is 2.16. The molecular formula is C11H15F2NO. The number of phenolic OH excluding ortho intramolecular Hbond substituents is 1. The summed E-state index contributed by atoms with van der Waals surface area (Å²) in [6.07, 6.45) is 0.953. The Labute approximate surface area is 88.1 Å². The molecule has 0 saturated heterocycles. The molecule has 0 atom stereocenters. The van der Waals surface area contributed by atoms with Crippen LogP contribution in [0.15, 0.2) is 12.1 Å². The van der Waals surface area contributed by atoms with Gasteiger partial charge in [-0.15, -0.1) is 0 Å². The van der Waals surface area contributed by atoms with Gasteiger partial charge in [-0.3, -0.25) is 0 Å². The quantitative estimate of drug-likeness (QED) is 0.832. The van der Waals surface area contributed by atoms with Crippen molar-refractivity contribution in [3.63, 3.8) is 0 Å². The molecule has 0 aliphatic carbocycles. The molecule has 0 aromatic heterocycles. The molecule has 0 aliphatic rings. The molecule has 84 valence electrons. The minimum Gasteiger partial charge on any atom is -0.505 e. The van der Waals surface area contributed by atoms with Gasteiger partial charge >= 0.3 is 0 Å². The first-order chi connectivity index (χ1) is 7.02. The van der Waals surface area contributed by atoms with Crippen LogP contribution >= 0.6 is 0 Å². The number of halogens is 2. The largest absolute Gasteiger partial charge is 0.505 e. The van der Waals surface area contributed by atoms with Crippen molar-refractivity contribution < 1.29 is 13.9 Å². The van der Waals surface area contributed by atoms with Gasteiger partial charge < -0.3 is 10.0 Å². The molecule has 0 saturated carbocycles. The van der Waals surface area contributed by atoms with Crippen molar-refractivity contribution in [2.24, 2.45) is 0 Å². The second-order valence-electron chi connectivity index (χ2n) is 3.77. The molecule has 0 heterocycles. The average Bonchev–Trinajstić information content (AvgIpc) is 2.17. The summed E-state index contributed by atoms with van der Waals surface area (Å²) in [6.45, 7) is 0.758. The van der Waals surface area contributed by atoms with Gasteiger partial charge in [0.25, 0.3) is 0 Å². The predicted molar refractivity (Wildman–Crippen MR) is 54.9 cm³/mol. The van der Waals surface area contributed by atoms with Crippen LogP contribution in [0.3, 0.4) is 0 Å².